The van der Waals surface area contributed by atoms with Crippen LogP contribution >= 0.6 is 0 Å². The molecule has 0 saturated carbocycles. The zero-order valence-corrected chi connectivity index (χ0v) is 8.00. The minimum atomic E-state index is -0.348. The highest BCUT2D eigenvalue weighted by Crippen LogP contribution is 2.44. The lowest BCUT2D eigenvalue weighted by molar-refractivity contribution is -0.142. The monoisotopic (exact) mass is 209 g/mol. The number of amides is 2. The van der Waals surface area contributed by atoms with Crippen molar-refractivity contribution >= 4 is 11.8 Å². The second kappa shape index (κ2) is 2.90. The van der Waals surface area contributed by atoms with Crippen molar-refractivity contribution in [3.8, 4) is 0 Å². The van der Waals surface area contributed by atoms with Crippen molar-refractivity contribution in [3.63, 3.8) is 0 Å². The van der Waals surface area contributed by atoms with Crippen LogP contribution in [0, 0.1) is 11.8 Å². The van der Waals surface area contributed by atoms with E-state index >= 15 is 0 Å². The van der Waals surface area contributed by atoms with Crippen LogP contribution in [0.15, 0.2) is 12.2 Å². The molecule has 2 fully saturated rings. The minimum Gasteiger partial charge on any atom is -0.395 e. The highest BCUT2D eigenvalue weighted by molar-refractivity contribution is 6.06. The molecule has 2 saturated heterocycles. The van der Waals surface area contributed by atoms with Crippen molar-refractivity contribution in [2.24, 2.45) is 11.8 Å². The maximum Gasteiger partial charge on any atom is 0.236 e. The third-order valence-electron chi connectivity index (χ3n) is 3.33. The van der Waals surface area contributed by atoms with Gasteiger partial charge >= 0.3 is 0 Å². The van der Waals surface area contributed by atoms with Gasteiger partial charge in [0, 0.05) is 0 Å². The average molecular weight is 209 g/mol. The molecule has 2 amide bonds. The first-order chi connectivity index (χ1) is 7.24. The number of aliphatic hydroxyl groups is 1. The van der Waals surface area contributed by atoms with Crippen molar-refractivity contribution < 1.29 is 19.4 Å². The van der Waals surface area contributed by atoms with Crippen molar-refractivity contribution in [1.29, 1.82) is 0 Å². The number of rotatable bonds is 2. The van der Waals surface area contributed by atoms with E-state index in [1.165, 1.54) is 0 Å². The number of carbonyl (C=O) groups excluding carboxylic acids is 2. The van der Waals surface area contributed by atoms with E-state index in [-0.39, 0.29) is 49.0 Å². The van der Waals surface area contributed by atoms with E-state index in [2.05, 4.69) is 0 Å². The molecule has 2 bridgehead atoms. The van der Waals surface area contributed by atoms with Crippen molar-refractivity contribution in [2.45, 2.75) is 12.2 Å². The summed E-state index contributed by atoms with van der Waals surface area (Å²) in [5.74, 6) is -1.09. The average Bonchev–Trinajstić information content (AvgIpc) is 2.87. The molecule has 15 heavy (non-hydrogen) atoms. The predicted octanol–water partition coefficient (Wildman–Crippen LogP) is -1.08. The summed E-state index contributed by atoms with van der Waals surface area (Å²) in [5, 5.41) is 8.78. The Morgan fingerprint density at radius 1 is 1.20 bits per heavy atom. The topological polar surface area (TPSA) is 66.8 Å². The summed E-state index contributed by atoms with van der Waals surface area (Å²) in [4.78, 5) is 24.9. The van der Waals surface area contributed by atoms with Crippen LogP contribution in [-0.4, -0.2) is 47.2 Å². The Morgan fingerprint density at radius 2 is 1.73 bits per heavy atom. The van der Waals surface area contributed by atoms with Crippen molar-refractivity contribution in [3.05, 3.63) is 12.2 Å². The number of carbonyl (C=O) groups is 2. The molecule has 3 heterocycles. The van der Waals surface area contributed by atoms with E-state index in [1.54, 1.807) is 0 Å². The van der Waals surface area contributed by atoms with Crippen LogP contribution in [0.5, 0.6) is 0 Å². The molecule has 0 aromatic heterocycles. The second-order valence-electron chi connectivity index (χ2n) is 4.05. The summed E-state index contributed by atoms with van der Waals surface area (Å²) in [5.41, 5.74) is 0. The van der Waals surface area contributed by atoms with Gasteiger partial charge in [-0.05, 0) is 0 Å². The molecule has 0 radical (unpaired) electrons. The Kier molecular flexibility index (Phi) is 1.75. The molecular weight excluding hydrogens is 198 g/mol. The highest BCUT2D eigenvalue weighted by Gasteiger charge is 2.60. The molecule has 0 unspecified atom stereocenters. The van der Waals surface area contributed by atoms with Crippen molar-refractivity contribution in [1.82, 2.24) is 4.90 Å². The third kappa shape index (κ3) is 0.992. The Hall–Kier alpha value is -1.20. The SMILES string of the molecule is O=C1[C@@H]2[C@@H](C(=O)N1CCO)[C@H]1C=C[C@H]2O1. The van der Waals surface area contributed by atoms with E-state index < -0.39 is 0 Å². The smallest absolute Gasteiger partial charge is 0.236 e. The predicted molar refractivity (Wildman–Crippen MR) is 48.6 cm³/mol. The lowest BCUT2D eigenvalue weighted by Gasteiger charge is -2.15. The van der Waals surface area contributed by atoms with Gasteiger partial charge in [0.1, 0.15) is 0 Å². The van der Waals surface area contributed by atoms with Crippen LogP contribution < -0.4 is 0 Å². The van der Waals surface area contributed by atoms with Gasteiger partial charge in [-0.2, -0.15) is 0 Å². The zero-order chi connectivity index (χ0) is 10.6. The van der Waals surface area contributed by atoms with Gasteiger partial charge in [-0.1, -0.05) is 12.2 Å². The van der Waals surface area contributed by atoms with Gasteiger partial charge in [0.25, 0.3) is 0 Å². The first kappa shape index (κ1) is 9.06. The molecule has 3 rings (SSSR count). The third-order valence-corrected chi connectivity index (χ3v) is 3.33. The first-order valence-corrected chi connectivity index (χ1v) is 5.04. The second-order valence-corrected chi connectivity index (χ2v) is 4.05. The van der Waals surface area contributed by atoms with E-state index in [4.69, 9.17) is 9.84 Å². The normalized spacial score (nSPS) is 41.8. The number of nitrogens with zero attached hydrogens (tertiary/aromatic N) is 1. The maximum absolute atomic E-state index is 11.9. The fourth-order valence-corrected chi connectivity index (χ4v) is 2.69. The van der Waals surface area contributed by atoms with Crippen molar-refractivity contribution in [2.75, 3.05) is 13.2 Å². The Balaban J connectivity index is 1.93. The molecular formula is C10H11NO4. The van der Waals surface area contributed by atoms with E-state index in [0.29, 0.717) is 0 Å². The standard InChI is InChI=1S/C10H11NO4/c12-4-3-11-9(13)7-5-1-2-6(15-5)8(7)10(11)14/h1-2,5-8,12H,3-4H2/t5-,6-,7+,8+/m1/s1. The number of likely N-dealkylation sites (tertiary alicyclic amines) is 1. The molecule has 0 spiro atoms. The van der Waals surface area contributed by atoms with Crippen LogP contribution in [0.4, 0.5) is 0 Å². The van der Waals surface area contributed by atoms with E-state index in [0.717, 1.165) is 4.90 Å². The lowest BCUT2D eigenvalue weighted by atomic mass is 9.85. The summed E-state index contributed by atoms with van der Waals surface area (Å²) < 4.78 is 5.46. The maximum atomic E-state index is 11.9. The number of aliphatic hydroxyl groups excluding tert-OH is 1. The molecule has 0 aromatic carbocycles. The number of hydrogen-bond acceptors (Lipinski definition) is 4. The molecule has 4 atom stereocenters. The van der Waals surface area contributed by atoms with Gasteiger partial charge in [-0.15, -0.1) is 0 Å². The molecule has 0 aromatic rings. The minimum absolute atomic E-state index is 0.101. The molecule has 3 aliphatic rings. The Bertz CT molecular complexity index is 334. The van der Waals surface area contributed by atoms with Crippen LogP contribution in [0.1, 0.15) is 0 Å². The number of β-amino-alcohol motifs (C(OH)–C–C–N with tert-alkyl or cyclic N) is 1. The van der Waals surface area contributed by atoms with E-state index in [1.807, 2.05) is 12.2 Å². The highest BCUT2D eigenvalue weighted by atomic mass is 16.5. The summed E-state index contributed by atoms with van der Waals surface area (Å²) in [6.45, 7) is -0.0787. The molecule has 5 nitrogen and oxygen atoms in total. The zero-order valence-electron chi connectivity index (χ0n) is 8.00. The molecule has 80 valence electrons. The fraction of sp³-hybridized carbons (Fsp3) is 0.600. The quantitative estimate of drug-likeness (QED) is 0.464. The Labute approximate surface area is 86.3 Å². The van der Waals surface area contributed by atoms with Crippen LogP contribution in [-0.2, 0) is 14.3 Å². The number of imide groups is 1. The summed E-state index contributed by atoms with van der Waals surface area (Å²) in [6, 6.07) is 0. The van der Waals surface area contributed by atoms with E-state index in [9.17, 15) is 9.59 Å². The van der Waals surface area contributed by atoms with Gasteiger partial charge in [-0.25, -0.2) is 0 Å². The summed E-state index contributed by atoms with van der Waals surface area (Å²) >= 11 is 0. The number of fused-ring (bicyclic) bond motifs is 5. The Morgan fingerprint density at radius 3 is 2.20 bits per heavy atom. The van der Waals surface area contributed by atoms with Gasteiger partial charge in [0.15, 0.2) is 0 Å². The largest absolute Gasteiger partial charge is 0.395 e. The number of hydrogen-bond donors (Lipinski definition) is 1. The summed E-state index contributed by atoms with van der Waals surface area (Å²) in [6.07, 6.45) is 3.22. The fourth-order valence-electron chi connectivity index (χ4n) is 2.69. The van der Waals surface area contributed by atoms with Crippen LogP contribution in [0.25, 0.3) is 0 Å². The van der Waals surface area contributed by atoms with Gasteiger partial charge in [0.2, 0.25) is 11.8 Å². The van der Waals surface area contributed by atoms with Gasteiger partial charge in [-0.3, -0.25) is 14.5 Å². The first-order valence-electron chi connectivity index (χ1n) is 5.04. The molecule has 3 aliphatic heterocycles. The van der Waals surface area contributed by atoms with Gasteiger partial charge < -0.3 is 9.84 Å². The molecule has 1 N–H and O–H groups in total. The summed E-state index contributed by atoms with van der Waals surface area (Å²) in [7, 11) is 0. The van der Waals surface area contributed by atoms with Gasteiger partial charge in [0.05, 0.1) is 37.2 Å². The lowest BCUT2D eigenvalue weighted by Crippen LogP contribution is -2.36. The number of ether oxygens (including phenoxy) is 1. The molecule has 5 heteroatoms. The molecule has 0 aliphatic carbocycles. The van der Waals surface area contributed by atoms with Crippen LogP contribution in [0.2, 0.25) is 0 Å². The van der Waals surface area contributed by atoms with Crippen LogP contribution in [0.3, 0.4) is 0 Å².